The Labute approximate surface area is 131 Å². The average Bonchev–Trinajstić information content (AvgIpc) is 2.41. The first-order chi connectivity index (χ1) is 9.88. The molecule has 1 nitrogen and oxygen atoms in total. The summed E-state index contributed by atoms with van der Waals surface area (Å²) in [6.07, 6.45) is 0. The Balaban J connectivity index is 2.50. The van der Waals surface area contributed by atoms with Crippen LogP contribution in [0.2, 0.25) is 5.02 Å². The van der Waals surface area contributed by atoms with Gasteiger partial charge in [-0.15, -0.1) is 0 Å². The van der Waals surface area contributed by atoms with E-state index in [0.717, 1.165) is 32.8 Å². The quantitative estimate of drug-likeness (QED) is 0.812. The van der Waals surface area contributed by atoms with Crippen molar-refractivity contribution in [1.29, 1.82) is 0 Å². The van der Waals surface area contributed by atoms with Crippen molar-refractivity contribution in [3.63, 3.8) is 0 Å². The number of halogens is 2. The highest BCUT2D eigenvalue weighted by Crippen LogP contribution is 2.31. The van der Waals surface area contributed by atoms with Crippen LogP contribution in [0.4, 0.5) is 4.39 Å². The zero-order valence-corrected chi connectivity index (χ0v) is 13.7. The van der Waals surface area contributed by atoms with Crippen LogP contribution in [0.15, 0.2) is 30.3 Å². The molecule has 0 heterocycles. The second kappa shape index (κ2) is 6.59. The topological polar surface area (TPSA) is 12.0 Å². The summed E-state index contributed by atoms with van der Waals surface area (Å²) in [7, 11) is 0. The third kappa shape index (κ3) is 3.84. The van der Waals surface area contributed by atoms with E-state index in [2.05, 4.69) is 25.2 Å². The Morgan fingerprint density at radius 3 is 2.43 bits per heavy atom. The lowest BCUT2D eigenvalue weighted by molar-refractivity contribution is 0.582. The van der Waals surface area contributed by atoms with Gasteiger partial charge in [-0.2, -0.15) is 0 Å². The molecule has 0 unspecified atom stereocenters. The fraction of sp³-hybridized carbons (Fsp3) is 0.333. The number of hydrogen-bond donors (Lipinski definition) is 1. The Morgan fingerprint density at radius 1 is 1.05 bits per heavy atom. The number of rotatable bonds is 4. The number of hydrogen-bond acceptors (Lipinski definition) is 1. The first kappa shape index (κ1) is 16.0. The molecule has 21 heavy (non-hydrogen) atoms. The van der Waals surface area contributed by atoms with Crippen molar-refractivity contribution < 1.29 is 4.39 Å². The molecule has 3 heteroatoms. The smallest absolute Gasteiger partial charge is 0.123 e. The van der Waals surface area contributed by atoms with Gasteiger partial charge in [-0.1, -0.05) is 31.5 Å². The van der Waals surface area contributed by atoms with Crippen LogP contribution in [-0.2, 0) is 6.54 Å². The SMILES string of the molecule is Cc1cc(-c2ccc(F)cc2CNC(C)C)c(C)cc1Cl. The molecule has 1 N–H and O–H groups in total. The van der Waals surface area contributed by atoms with E-state index >= 15 is 0 Å². The van der Waals surface area contributed by atoms with Gasteiger partial charge < -0.3 is 5.32 Å². The van der Waals surface area contributed by atoms with E-state index in [1.807, 2.05) is 26.0 Å². The van der Waals surface area contributed by atoms with Crippen molar-refractivity contribution in [2.75, 3.05) is 0 Å². The molecular formula is C18H21ClFN. The van der Waals surface area contributed by atoms with E-state index in [4.69, 9.17) is 11.6 Å². The maximum Gasteiger partial charge on any atom is 0.123 e. The predicted molar refractivity (Wildman–Crippen MR) is 88.3 cm³/mol. The molecule has 0 saturated carbocycles. The second-order valence-corrected chi connectivity index (χ2v) is 6.16. The van der Waals surface area contributed by atoms with Crippen LogP contribution >= 0.6 is 11.6 Å². The van der Waals surface area contributed by atoms with E-state index in [1.165, 1.54) is 6.07 Å². The first-order valence-corrected chi connectivity index (χ1v) is 7.55. The van der Waals surface area contributed by atoms with Crippen molar-refractivity contribution in [3.8, 4) is 11.1 Å². The molecule has 2 rings (SSSR count). The van der Waals surface area contributed by atoms with Crippen LogP contribution in [-0.4, -0.2) is 6.04 Å². The maximum absolute atomic E-state index is 13.6. The molecule has 0 amide bonds. The fourth-order valence-electron chi connectivity index (χ4n) is 2.36. The largest absolute Gasteiger partial charge is 0.310 e. The van der Waals surface area contributed by atoms with E-state index in [0.29, 0.717) is 12.6 Å². The summed E-state index contributed by atoms with van der Waals surface area (Å²) in [5.74, 6) is -0.206. The molecule has 0 bridgehead atoms. The van der Waals surface area contributed by atoms with Gasteiger partial charge in [0.05, 0.1) is 0 Å². The van der Waals surface area contributed by atoms with Crippen LogP contribution in [0.5, 0.6) is 0 Å². The van der Waals surface area contributed by atoms with Crippen LogP contribution in [0.25, 0.3) is 11.1 Å². The summed E-state index contributed by atoms with van der Waals surface area (Å²) in [4.78, 5) is 0. The number of nitrogens with one attached hydrogen (secondary N) is 1. The van der Waals surface area contributed by atoms with Gasteiger partial charge in [-0.3, -0.25) is 0 Å². The maximum atomic E-state index is 13.6. The molecule has 0 spiro atoms. The van der Waals surface area contributed by atoms with Gasteiger partial charge in [0.25, 0.3) is 0 Å². The van der Waals surface area contributed by atoms with Crippen molar-refractivity contribution in [1.82, 2.24) is 5.32 Å². The van der Waals surface area contributed by atoms with Crippen LogP contribution in [0, 0.1) is 19.7 Å². The van der Waals surface area contributed by atoms with Crippen molar-refractivity contribution in [2.45, 2.75) is 40.3 Å². The molecule has 0 aromatic heterocycles. The van der Waals surface area contributed by atoms with Crippen LogP contribution < -0.4 is 5.32 Å². The number of benzene rings is 2. The summed E-state index contributed by atoms with van der Waals surface area (Å²) in [6, 6.07) is 9.36. The van der Waals surface area contributed by atoms with Crippen molar-refractivity contribution >= 4 is 11.6 Å². The Kier molecular flexibility index (Phi) is 5.02. The van der Waals surface area contributed by atoms with E-state index in [1.54, 1.807) is 6.07 Å². The predicted octanol–water partition coefficient (Wildman–Crippen LogP) is 5.26. The van der Waals surface area contributed by atoms with Gasteiger partial charge in [0.1, 0.15) is 5.82 Å². The normalized spacial score (nSPS) is 11.2. The Hall–Kier alpha value is -1.38. The van der Waals surface area contributed by atoms with Gasteiger partial charge in [-0.05, 0) is 65.9 Å². The van der Waals surface area contributed by atoms with Crippen LogP contribution in [0.3, 0.4) is 0 Å². The fourth-order valence-corrected chi connectivity index (χ4v) is 2.57. The van der Waals surface area contributed by atoms with Crippen molar-refractivity contribution in [2.24, 2.45) is 0 Å². The van der Waals surface area contributed by atoms with Gasteiger partial charge in [0.15, 0.2) is 0 Å². The van der Waals surface area contributed by atoms with E-state index < -0.39 is 0 Å². The first-order valence-electron chi connectivity index (χ1n) is 7.17. The molecule has 0 radical (unpaired) electrons. The highest BCUT2D eigenvalue weighted by molar-refractivity contribution is 6.31. The van der Waals surface area contributed by atoms with Gasteiger partial charge in [0, 0.05) is 17.6 Å². The summed E-state index contributed by atoms with van der Waals surface area (Å²) in [5.41, 5.74) is 5.26. The average molecular weight is 306 g/mol. The molecule has 0 atom stereocenters. The van der Waals surface area contributed by atoms with E-state index in [-0.39, 0.29) is 5.82 Å². The minimum atomic E-state index is -0.206. The molecule has 2 aromatic carbocycles. The lowest BCUT2D eigenvalue weighted by atomic mass is 9.94. The molecule has 2 aromatic rings. The standard InChI is InChI=1S/C18H21ClFN/c1-11(2)21-10-14-9-15(20)5-6-16(14)17-7-13(4)18(19)8-12(17)3/h5-9,11,21H,10H2,1-4H3. The van der Waals surface area contributed by atoms with Crippen molar-refractivity contribution in [3.05, 3.63) is 57.9 Å². The minimum absolute atomic E-state index is 0.206. The third-order valence-electron chi connectivity index (χ3n) is 3.56. The summed E-state index contributed by atoms with van der Waals surface area (Å²) in [5, 5.41) is 4.12. The lowest BCUT2D eigenvalue weighted by Crippen LogP contribution is -2.22. The minimum Gasteiger partial charge on any atom is -0.310 e. The Bertz CT molecular complexity index is 650. The van der Waals surface area contributed by atoms with Gasteiger partial charge >= 0.3 is 0 Å². The molecular weight excluding hydrogens is 285 g/mol. The highest BCUT2D eigenvalue weighted by atomic mass is 35.5. The number of aryl methyl sites for hydroxylation is 2. The summed E-state index contributed by atoms with van der Waals surface area (Å²) < 4.78 is 13.6. The summed E-state index contributed by atoms with van der Waals surface area (Å²) >= 11 is 6.17. The summed E-state index contributed by atoms with van der Waals surface area (Å²) in [6.45, 7) is 8.82. The third-order valence-corrected chi connectivity index (χ3v) is 3.97. The molecule has 0 saturated heterocycles. The molecule has 112 valence electrons. The lowest BCUT2D eigenvalue weighted by Gasteiger charge is -2.16. The molecule has 0 fully saturated rings. The molecule has 0 aliphatic rings. The zero-order valence-electron chi connectivity index (χ0n) is 12.9. The van der Waals surface area contributed by atoms with Gasteiger partial charge in [0.2, 0.25) is 0 Å². The van der Waals surface area contributed by atoms with Crippen LogP contribution in [0.1, 0.15) is 30.5 Å². The van der Waals surface area contributed by atoms with Gasteiger partial charge in [-0.25, -0.2) is 4.39 Å². The Morgan fingerprint density at radius 2 is 1.76 bits per heavy atom. The molecule has 0 aliphatic heterocycles. The zero-order chi connectivity index (χ0) is 15.6. The highest BCUT2D eigenvalue weighted by Gasteiger charge is 2.11. The second-order valence-electron chi connectivity index (χ2n) is 5.75. The molecule has 0 aliphatic carbocycles. The monoisotopic (exact) mass is 305 g/mol. The van der Waals surface area contributed by atoms with E-state index in [9.17, 15) is 4.39 Å².